The maximum atomic E-state index is 12.3. The van der Waals surface area contributed by atoms with Gasteiger partial charge in [-0.25, -0.2) is 4.98 Å². The van der Waals surface area contributed by atoms with Gasteiger partial charge < -0.3 is 10.1 Å². The van der Waals surface area contributed by atoms with Crippen molar-refractivity contribution in [2.75, 3.05) is 7.11 Å². The lowest BCUT2D eigenvalue weighted by Gasteiger charge is -2.08. The molecule has 0 radical (unpaired) electrons. The monoisotopic (exact) mass is 344 g/mol. The number of amides is 1. The smallest absolute Gasteiger partial charge is 0.271 e. The van der Waals surface area contributed by atoms with Crippen molar-refractivity contribution in [3.63, 3.8) is 0 Å². The summed E-state index contributed by atoms with van der Waals surface area (Å²) in [5, 5.41) is 5.56. The van der Waals surface area contributed by atoms with E-state index in [1.807, 2.05) is 30.3 Å². The van der Waals surface area contributed by atoms with Gasteiger partial charge in [0, 0.05) is 22.4 Å². The summed E-state index contributed by atoms with van der Waals surface area (Å²) in [4.78, 5) is 19.0. The Morgan fingerprint density at radius 1 is 1.26 bits per heavy atom. The molecule has 0 saturated heterocycles. The third kappa shape index (κ3) is 3.60. The van der Waals surface area contributed by atoms with Gasteiger partial charge in [-0.2, -0.15) is 0 Å². The summed E-state index contributed by atoms with van der Waals surface area (Å²) in [6.45, 7) is 2.47. The second kappa shape index (κ2) is 6.93. The van der Waals surface area contributed by atoms with E-state index >= 15 is 0 Å². The summed E-state index contributed by atoms with van der Waals surface area (Å²) in [7, 11) is 1.62. The zero-order chi connectivity index (χ0) is 16.2. The molecule has 0 fully saturated rings. The number of thiophene rings is 1. The minimum atomic E-state index is -0.174. The molecular formula is C17H16N2O2S2. The molecule has 3 rings (SSSR count). The van der Waals surface area contributed by atoms with Gasteiger partial charge in [0.05, 0.1) is 12.0 Å². The predicted octanol–water partition coefficient (Wildman–Crippen LogP) is 4.12. The normalized spacial score (nSPS) is 10.5. The summed E-state index contributed by atoms with van der Waals surface area (Å²) in [6.07, 6.45) is 0. The molecular weight excluding hydrogens is 328 g/mol. The Kier molecular flexibility index (Phi) is 4.73. The number of nitrogens with zero attached hydrogens (tertiary/aromatic N) is 1. The van der Waals surface area contributed by atoms with Crippen molar-refractivity contribution in [2.45, 2.75) is 13.5 Å². The van der Waals surface area contributed by atoms with Gasteiger partial charge in [-0.1, -0.05) is 18.2 Å². The first kappa shape index (κ1) is 15.7. The molecule has 0 unspecified atom stereocenters. The molecule has 1 amide bonds. The molecule has 1 aromatic carbocycles. The van der Waals surface area contributed by atoms with Crippen LogP contribution in [0.25, 0.3) is 9.88 Å². The molecule has 118 valence electrons. The first-order valence-corrected chi connectivity index (χ1v) is 8.79. The van der Waals surface area contributed by atoms with Crippen LogP contribution < -0.4 is 10.1 Å². The van der Waals surface area contributed by atoms with E-state index in [1.165, 1.54) is 16.2 Å². The Morgan fingerprint density at radius 3 is 2.83 bits per heavy atom. The van der Waals surface area contributed by atoms with Gasteiger partial charge in [0.25, 0.3) is 5.91 Å². The van der Waals surface area contributed by atoms with Crippen LogP contribution in [0.4, 0.5) is 0 Å². The number of aryl methyl sites for hydroxylation is 1. The highest BCUT2D eigenvalue weighted by atomic mass is 32.1. The number of rotatable bonds is 5. The van der Waals surface area contributed by atoms with Crippen LogP contribution >= 0.6 is 22.7 Å². The van der Waals surface area contributed by atoms with Gasteiger partial charge in [0.15, 0.2) is 0 Å². The third-order valence-corrected chi connectivity index (χ3v) is 5.33. The van der Waals surface area contributed by atoms with E-state index in [9.17, 15) is 4.79 Å². The number of hydrogen-bond donors (Lipinski definition) is 1. The van der Waals surface area contributed by atoms with Crippen molar-refractivity contribution in [3.8, 4) is 15.6 Å². The fraction of sp³-hybridized carbons (Fsp3) is 0.176. The number of nitrogens with one attached hydrogen (secondary N) is 1. The molecule has 0 spiro atoms. The average Bonchev–Trinajstić information content (AvgIpc) is 3.21. The van der Waals surface area contributed by atoms with Gasteiger partial charge in [-0.15, -0.1) is 22.7 Å². The van der Waals surface area contributed by atoms with Gasteiger partial charge >= 0.3 is 0 Å². The Bertz CT molecular complexity index is 823. The van der Waals surface area contributed by atoms with Crippen molar-refractivity contribution in [3.05, 3.63) is 57.9 Å². The highest BCUT2D eigenvalue weighted by molar-refractivity contribution is 7.21. The quantitative estimate of drug-likeness (QED) is 0.757. The molecule has 3 aromatic rings. The van der Waals surface area contributed by atoms with Crippen LogP contribution in [0.15, 0.2) is 41.8 Å². The number of carbonyl (C=O) groups is 1. The molecule has 0 aliphatic heterocycles. The highest BCUT2D eigenvalue weighted by Gasteiger charge is 2.13. The number of hydrogen-bond acceptors (Lipinski definition) is 5. The summed E-state index contributed by atoms with van der Waals surface area (Å²) in [6, 6.07) is 11.7. The van der Waals surface area contributed by atoms with Crippen molar-refractivity contribution in [2.24, 2.45) is 0 Å². The standard InChI is InChI=1S/C17H16N2O2S2/c1-11-7-8-15(23-11)17-19-13(10-22-17)16(20)18-9-12-5-3-4-6-14(12)21-2/h3-8,10H,9H2,1-2H3,(H,18,20). The molecule has 0 atom stereocenters. The zero-order valence-corrected chi connectivity index (χ0v) is 14.5. The lowest BCUT2D eigenvalue weighted by molar-refractivity contribution is 0.0946. The van der Waals surface area contributed by atoms with E-state index in [0.29, 0.717) is 12.2 Å². The lowest BCUT2D eigenvalue weighted by Crippen LogP contribution is -2.23. The second-order valence-electron chi connectivity index (χ2n) is 4.94. The number of thiazole rings is 1. The molecule has 0 aliphatic rings. The summed E-state index contributed by atoms with van der Waals surface area (Å²) >= 11 is 3.17. The molecule has 2 heterocycles. The van der Waals surface area contributed by atoms with E-state index < -0.39 is 0 Å². The third-order valence-electron chi connectivity index (χ3n) is 3.32. The predicted molar refractivity (Wildman–Crippen MR) is 94.3 cm³/mol. The van der Waals surface area contributed by atoms with E-state index in [2.05, 4.69) is 23.3 Å². The second-order valence-corrected chi connectivity index (χ2v) is 7.09. The van der Waals surface area contributed by atoms with Gasteiger partial charge in [-0.05, 0) is 25.1 Å². The number of aromatic nitrogens is 1. The largest absolute Gasteiger partial charge is 0.496 e. The Morgan fingerprint density at radius 2 is 2.09 bits per heavy atom. The van der Waals surface area contributed by atoms with Crippen LogP contribution in [0.3, 0.4) is 0 Å². The van der Waals surface area contributed by atoms with E-state index in [-0.39, 0.29) is 5.91 Å². The van der Waals surface area contributed by atoms with Crippen molar-refractivity contribution in [1.82, 2.24) is 10.3 Å². The number of methoxy groups -OCH3 is 1. The van der Waals surface area contributed by atoms with Crippen LogP contribution in [0.5, 0.6) is 5.75 Å². The minimum Gasteiger partial charge on any atom is -0.496 e. The van der Waals surface area contributed by atoms with Crippen LogP contribution in [-0.4, -0.2) is 18.0 Å². The van der Waals surface area contributed by atoms with Crippen LogP contribution in [0.1, 0.15) is 20.9 Å². The lowest BCUT2D eigenvalue weighted by atomic mass is 10.2. The molecule has 23 heavy (non-hydrogen) atoms. The molecule has 4 nitrogen and oxygen atoms in total. The molecule has 1 N–H and O–H groups in total. The van der Waals surface area contributed by atoms with Crippen LogP contribution in [0, 0.1) is 6.92 Å². The molecule has 0 aliphatic carbocycles. The SMILES string of the molecule is COc1ccccc1CNC(=O)c1csc(-c2ccc(C)s2)n1. The minimum absolute atomic E-state index is 0.174. The summed E-state index contributed by atoms with van der Waals surface area (Å²) in [5.41, 5.74) is 1.39. The number of carbonyl (C=O) groups excluding carboxylic acids is 1. The topological polar surface area (TPSA) is 51.2 Å². The fourth-order valence-corrected chi connectivity index (χ4v) is 3.90. The van der Waals surface area contributed by atoms with Crippen molar-refractivity contribution in [1.29, 1.82) is 0 Å². The van der Waals surface area contributed by atoms with Crippen molar-refractivity contribution < 1.29 is 9.53 Å². The first-order valence-electron chi connectivity index (χ1n) is 7.10. The number of ether oxygens (including phenoxy) is 1. The Labute approximate surface area is 142 Å². The number of para-hydroxylation sites is 1. The van der Waals surface area contributed by atoms with Crippen LogP contribution in [0.2, 0.25) is 0 Å². The van der Waals surface area contributed by atoms with Crippen LogP contribution in [-0.2, 0) is 6.54 Å². The molecule has 0 saturated carbocycles. The van der Waals surface area contributed by atoms with E-state index in [4.69, 9.17) is 4.74 Å². The Balaban J connectivity index is 1.68. The highest BCUT2D eigenvalue weighted by Crippen LogP contribution is 2.30. The van der Waals surface area contributed by atoms with Gasteiger partial charge in [0.2, 0.25) is 0 Å². The maximum Gasteiger partial charge on any atom is 0.271 e. The maximum absolute atomic E-state index is 12.3. The fourth-order valence-electron chi connectivity index (χ4n) is 2.16. The van der Waals surface area contributed by atoms with Gasteiger partial charge in [0.1, 0.15) is 16.5 Å². The molecule has 6 heteroatoms. The van der Waals surface area contributed by atoms with E-state index in [1.54, 1.807) is 23.8 Å². The number of benzene rings is 1. The zero-order valence-electron chi connectivity index (χ0n) is 12.8. The van der Waals surface area contributed by atoms with Gasteiger partial charge in [-0.3, -0.25) is 4.79 Å². The summed E-state index contributed by atoms with van der Waals surface area (Å²) < 4.78 is 5.28. The average molecular weight is 344 g/mol. The molecule has 0 bridgehead atoms. The first-order chi connectivity index (χ1) is 11.2. The van der Waals surface area contributed by atoms with E-state index in [0.717, 1.165) is 21.2 Å². The molecule has 2 aromatic heterocycles. The summed E-state index contributed by atoms with van der Waals surface area (Å²) in [5.74, 6) is 0.590. The Hall–Kier alpha value is -2.18. The van der Waals surface area contributed by atoms with Crippen molar-refractivity contribution >= 4 is 28.6 Å².